The number of amides is 1. The summed E-state index contributed by atoms with van der Waals surface area (Å²) in [6.45, 7) is 1.81. The Morgan fingerprint density at radius 1 is 1.16 bits per heavy atom. The SMILES string of the molecule is O=C(CSc1nnc(CNc2ccc(F)cc2)n1C[C@@H]1CCCO1)Nc1ccc(Br)cc1. The predicted octanol–water partition coefficient (Wildman–Crippen LogP) is 4.70. The maximum Gasteiger partial charge on any atom is 0.234 e. The van der Waals surface area contributed by atoms with E-state index in [-0.39, 0.29) is 23.6 Å². The molecule has 168 valence electrons. The standard InChI is InChI=1S/C22H23BrFN5O2S/c23-15-3-7-18(8-4-15)26-21(30)14-32-22-28-27-20(29(22)13-19-2-1-11-31-19)12-25-17-9-5-16(24)6-10-17/h3-10,19,25H,1-2,11-14H2,(H,26,30)/t19-/m0/s1. The van der Waals surface area contributed by atoms with Crippen LogP contribution < -0.4 is 10.6 Å². The Kier molecular flexibility index (Phi) is 7.77. The molecular formula is C22H23BrFN5O2S. The van der Waals surface area contributed by atoms with E-state index in [4.69, 9.17) is 4.74 Å². The van der Waals surface area contributed by atoms with Crippen LogP contribution >= 0.6 is 27.7 Å². The van der Waals surface area contributed by atoms with Crippen molar-refractivity contribution >= 4 is 45.0 Å². The lowest BCUT2D eigenvalue weighted by molar-refractivity contribution is -0.113. The van der Waals surface area contributed by atoms with Crippen LogP contribution in [0.1, 0.15) is 18.7 Å². The number of hydrogen-bond donors (Lipinski definition) is 2. The largest absolute Gasteiger partial charge is 0.378 e. The van der Waals surface area contributed by atoms with E-state index in [0.717, 1.165) is 41.1 Å². The summed E-state index contributed by atoms with van der Waals surface area (Å²) >= 11 is 4.72. The molecule has 0 aliphatic carbocycles. The Morgan fingerprint density at radius 2 is 1.91 bits per heavy atom. The fourth-order valence-electron chi connectivity index (χ4n) is 3.34. The molecule has 1 fully saturated rings. The average Bonchev–Trinajstić information content (AvgIpc) is 3.44. The van der Waals surface area contributed by atoms with Gasteiger partial charge >= 0.3 is 0 Å². The zero-order valence-corrected chi connectivity index (χ0v) is 19.7. The third-order valence-corrected chi connectivity index (χ3v) is 6.45. The van der Waals surface area contributed by atoms with Gasteiger partial charge in [0, 0.05) is 22.5 Å². The number of nitrogens with one attached hydrogen (secondary N) is 2. The number of rotatable bonds is 9. The number of carbonyl (C=O) groups excluding carboxylic acids is 1. The van der Waals surface area contributed by atoms with E-state index in [0.29, 0.717) is 18.2 Å². The van der Waals surface area contributed by atoms with Crippen molar-refractivity contribution in [2.45, 2.75) is 37.2 Å². The second kappa shape index (κ2) is 10.9. The topological polar surface area (TPSA) is 81.1 Å². The van der Waals surface area contributed by atoms with E-state index < -0.39 is 0 Å². The van der Waals surface area contributed by atoms with Crippen molar-refractivity contribution < 1.29 is 13.9 Å². The van der Waals surface area contributed by atoms with Crippen LogP contribution in [0.25, 0.3) is 0 Å². The van der Waals surface area contributed by atoms with Gasteiger partial charge in [-0.3, -0.25) is 4.79 Å². The maximum atomic E-state index is 13.1. The minimum absolute atomic E-state index is 0.103. The summed E-state index contributed by atoms with van der Waals surface area (Å²) in [6.07, 6.45) is 2.12. The van der Waals surface area contributed by atoms with Crippen molar-refractivity contribution in [2.24, 2.45) is 0 Å². The number of thioether (sulfide) groups is 1. The monoisotopic (exact) mass is 519 g/mol. The first-order valence-corrected chi connectivity index (χ1v) is 12.1. The van der Waals surface area contributed by atoms with Crippen molar-refractivity contribution in [3.05, 3.63) is 64.6 Å². The van der Waals surface area contributed by atoms with Gasteiger partial charge in [0.2, 0.25) is 5.91 Å². The highest BCUT2D eigenvalue weighted by molar-refractivity contribution is 9.10. The van der Waals surface area contributed by atoms with Crippen molar-refractivity contribution in [3.63, 3.8) is 0 Å². The number of benzene rings is 2. The molecule has 1 atom stereocenters. The molecule has 32 heavy (non-hydrogen) atoms. The lowest BCUT2D eigenvalue weighted by atomic mass is 10.2. The van der Waals surface area contributed by atoms with Crippen molar-refractivity contribution in [1.29, 1.82) is 0 Å². The second-order valence-corrected chi connectivity index (χ2v) is 9.21. The predicted molar refractivity (Wildman–Crippen MR) is 126 cm³/mol. The number of carbonyl (C=O) groups is 1. The van der Waals surface area contributed by atoms with Crippen LogP contribution in [0.3, 0.4) is 0 Å². The molecule has 0 bridgehead atoms. The molecule has 2 aromatic carbocycles. The summed E-state index contributed by atoms with van der Waals surface area (Å²) in [4.78, 5) is 12.4. The fraction of sp³-hybridized carbons (Fsp3) is 0.318. The first kappa shape index (κ1) is 22.8. The molecule has 2 heterocycles. The lowest BCUT2D eigenvalue weighted by Gasteiger charge is -2.15. The number of aromatic nitrogens is 3. The maximum absolute atomic E-state index is 13.1. The minimum Gasteiger partial charge on any atom is -0.378 e. The normalized spacial score (nSPS) is 15.6. The van der Waals surface area contributed by atoms with Crippen molar-refractivity contribution in [1.82, 2.24) is 14.8 Å². The highest BCUT2D eigenvalue weighted by Crippen LogP contribution is 2.23. The summed E-state index contributed by atoms with van der Waals surface area (Å²) in [5, 5.41) is 15.4. The Balaban J connectivity index is 1.41. The van der Waals surface area contributed by atoms with Gasteiger partial charge in [-0.15, -0.1) is 10.2 Å². The van der Waals surface area contributed by atoms with Crippen LogP contribution in [0.5, 0.6) is 0 Å². The average molecular weight is 520 g/mol. The molecule has 0 unspecified atom stereocenters. The zero-order chi connectivity index (χ0) is 22.3. The summed E-state index contributed by atoms with van der Waals surface area (Å²) in [5.74, 6) is 0.554. The third-order valence-electron chi connectivity index (χ3n) is 4.96. The van der Waals surface area contributed by atoms with Gasteiger partial charge in [0.15, 0.2) is 11.0 Å². The smallest absolute Gasteiger partial charge is 0.234 e. The zero-order valence-electron chi connectivity index (χ0n) is 17.3. The van der Waals surface area contributed by atoms with E-state index in [1.165, 1.54) is 23.9 Å². The van der Waals surface area contributed by atoms with E-state index in [1.54, 1.807) is 12.1 Å². The summed E-state index contributed by atoms with van der Waals surface area (Å²) < 4.78 is 21.9. The Morgan fingerprint density at radius 3 is 2.62 bits per heavy atom. The molecular weight excluding hydrogens is 497 g/mol. The van der Waals surface area contributed by atoms with Gasteiger partial charge in [0.1, 0.15) is 5.82 Å². The number of nitrogens with zero attached hydrogens (tertiary/aromatic N) is 3. The van der Waals surface area contributed by atoms with Gasteiger partial charge in [-0.2, -0.15) is 0 Å². The fourth-order valence-corrected chi connectivity index (χ4v) is 4.37. The van der Waals surface area contributed by atoms with Crippen LogP contribution in [0.4, 0.5) is 15.8 Å². The molecule has 1 saturated heterocycles. The van der Waals surface area contributed by atoms with Gasteiger partial charge in [0.05, 0.1) is 24.9 Å². The second-order valence-electron chi connectivity index (χ2n) is 7.35. The highest BCUT2D eigenvalue weighted by Gasteiger charge is 2.21. The van der Waals surface area contributed by atoms with E-state index in [1.807, 2.05) is 28.8 Å². The van der Waals surface area contributed by atoms with Gasteiger partial charge in [-0.05, 0) is 61.4 Å². The molecule has 3 aromatic rings. The Bertz CT molecular complexity index is 1040. The van der Waals surface area contributed by atoms with Crippen molar-refractivity contribution in [3.8, 4) is 0 Å². The van der Waals surface area contributed by atoms with Crippen LogP contribution in [0.15, 0.2) is 58.2 Å². The summed E-state index contributed by atoms with van der Waals surface area (Å²) in [5.41, 5.74) is 1.53. The van der Waals surface area contributed by atoms with Crippen LogP contribution in [0, 0.1) is 5.82 Å². The molecule has 1 aliphatic rings. The molecule has 0 radical (unpaired) electrons. The summed E-state index contributed by atoms with van der Waals surface area (Å²) in [6, 6.07) is 13.6. The number of hydrogen-bond acceptors (Lipinski definition) is 6. The highest BCUT2D eigenvalue weighted by atomic mass is 79.9. The van der Waals surface area contributed by atoms with E-state index in [2.05, 4.69) is 36.8 Å². The van der Waals surface area contributed by atoms with Gasteiger partial charge in [0.25, 0.3) is 0 Å². The van der Waals surface area contributed by atoms with Gasteiger partial charge < -0.3 is 19.9 Å². The summed E-state index contributed by atoms with van der Waals surface area (Å²) in [7, 11) is 0. The van der Waals surface area contributed by atoms with Gasteiger partial charge in [-0.1, -0.05) is 27.7 Å². The van der Waals surface area contributed by atoms with Crippen LogP contribution in [-0.2, 0) is 22.6 Å². The molecule has 10 heteroatoms. The van der Waals surface area contributed by atoms with Gasteiger partial charge in [-0.25, -0.2) is 4.39 Å². The lowest BCUT2D eigenvalue weighted by Crippen LogP contribution is -2.20. The van der Waals surface area contributed by atoms with E-state index >= 15 is 0 Å². The molecule has 0 saturated carbocycles. The molecule has 2 N–H and O–H groups in total. The number of ether oxygens (including phenoxy) is 1. The Hall–Kier alpha value is -2.43. The number of anilines is 2. The molecule has 7 nitrogen and oxygen atoms in total. The molecule has 1 aromatic heterocycles. The van der Waals surface area contributed by atoms with Crippen LogP contribution in [-0.4, -0.2) is 39.1 Å². The molecule has 4 rings (SSSR count). The third kappa shape index (κ3) is 6.30. The first-order valence-electron chi connectivity index (χ1n) is 10.3. The van der Waals surface area contributed by atoms with Crippen LogP contribution in [0.2, 0.25) is 0 Å². The number of halogens is 2. The van der Waals surface area contributed by atoms with E-state index in [9.17, 15) is 9.18 Å². The van der Waals surface area contributed by atoms with Crippen molar-refractivity contribution in [2.75, 3.05) is 23.0 Å². The molecule has 1 amide bonds. The first-order chi connectivity index (χ1) is 15.6. The minimum atomic E-state index is -0.280. The molecule has 1 aliphatic heterocycles. The quantitative estimate of drug-likeness (QED) is 0.398. The molecule has 0 spiro atoms. The Labute approximate surface area is 198 Å².